The van der Waals surface area contributed by atoms with E-state index >= 15 is 0 Å². The number of rotatable bonds is 5. The van der Waals surface area contributed by atoms with Gasteiger partial charge < -0.3 is 11.1 Å². The molecule has 0 fully saturated rings. The Bertz CT molecular complexity index is 451. The lowest BCUT2D eigenvalue weighted by molar-refractivity contribution is 0.863. The van der Waals surface area contributed by atoms with E-state index < -0.39 is 0 Å². The topological polar surface area (TPSA) is 38.0 Å². The number of hydrogen-bond donors (Lipinski definition) is 2. The van der Waals surface area contributed by atoms with Gasteiger partial charge in [0, 0.05) is 17.9 Å². The lowest BCUT2D eigenvalue weighted by atomic mass is 10.1. The van der Waals surface area contributed by atoms with Crippen molar-refractivity contribution in [1.29, 1.82) is 0 Å². The van der Waals surface area contributed by atoms with Gasteiger partial charge in [0.2, 0.25) is 0 Å². The van der Waals surface area contributed by atoms with Crippen LogP contribution >= 0.6 is 0 Å². The van der Waals surface area contributed by atoms with Crippen molar-refractivity contribution in [1.82, 2.24) is 0 Å². The SMILES string of the molecule is Nc1cccc(CCCNc2ccccc2)c1. The van der Waals surface area contributed by atoms with Crippen LogP contribution in [0.15, 0.2) is 54.6 Å². The second kappa shape index (κ2) is 5.94. The van der Waals surface area contributed by atoms with Gasteiger partial charge >= 0.3 is 0 Å². The Morgan fingerprint density at radius 2 is 1.76 bits per heavy atom. The summed E-state index contributed by atoms with van der Waals surface area (Å²) >= 11 is 0. The van der Waals surface area contributed by atoms with Crippen molar-refractivity contribution in [3.63, 3.8) is 0 Å². The van der Waals surface area contributed by atoms with Crippen molar-refractivity contribution in [2.45, 2.75) is 12.8 Å². The van der Waals surface area contributed by atoms with Crippen LogP contribution in [0, 0.1) is 0 Å². The molecular weight excluding hydrogens is 208 g/mol. The number of aryl methyl sites for hydroxylation is 1. The van der Waals surface area contributed by atoms with E-state index in [4.69, 9.17) is 5.73 Å². The zero-order valence-electron chi connectivity index (χ0n) is 9.89. The Morgan fingerprint density at radius 3 is 2.53 bits per heavy atom. The second-order valence-electron chi connectivity index (χ2n) is 4.14. The Kier molecular flexibility index (Phi) is 4.03. The van der Waals surface area contributed by atoms with Crippen molar-refractivity contribution in [2.75, 3.05) is 17.6 Å². The third kappa shape index (κ3) is 3.83. The van der Waals surface area contributed by atoms with E-state index in [9.17, 15) is 0 Å². The van der Waals surface area contributed by atoms with Crippen molar-refractivity contribution in [2.24, 2.45) is 0 Å². The first kappa shape index (κ1) is 11.5. The quantitative estimate of drug-likeness (QED) is 0.606. The smallest absolute Gasteiger partial charge is 0.0340 e. The molecule has 0 unspecified atom stereocenters. The first-order valence-corrected chi connectivity index (χ1v) is 5.98. The predicted molar refractivity (Wildman–Crippen MR) is 74.1 cm³/mol. The average molecular weight is 226 g/mol. The normalized spacial score (nSPS) is 10.1. The van der Waals surface area contributed by atoms with Crippen LogP contribution in [0.5, 0.6) is 0 Å². The summed E-state index contributed by atoms with van der Waals surface area (Å²) in [5, 5.41) is 3.40. The van der Waals surface area contributed by atoms with Gasteiger partial charge in [0.25, 0.3) is 0 Å². The third-order valence-corrected chi connectivity index (χ3v) is 2.70. The Hall–Kier alpha value is -1.96. The van der Waals surface area contributed by atoms with E-state index in [-0.39, 0.29) is 0 Å². The summed E-state index contributed by atoms with van der Waals surface area (Å²) in [7, 11) is 0. The molecule has 2 heteroatoms. The van der Waals surface area contributed by atoms with Gasteiger partial charge in [-0.3, -0.25) is 0 Å². The monoisotopic (exact) mass is 226 g/mol. The highest BCUT2D eigenvalue weighted by Gasteiger charge is 1.94. The van der Waals surface area contributed by atoms with Crippen LogP contribution in [0.3, 0.4) is 0 Å². The Morgan fingerprint density at radius 1 is 0.941 bits per heavy atom. The van der Waals surface area contributed by atoms with Crippen LogP contribution in [0.4, 0.5) is 11.4 Å². The highest BCUT2D eigenvalue weighted by Crippen LogP contribution is 2.09. The van der Waals surface area contributed by atoms with Crippen LogP contribution in [-0.2, 0) is 6.42 Å². The minimum atomic E-state index is 0.846. The Balaban J connectivity index is 1.73. The fourth-order valence-electron chi connectivity index (χ4n) is 1.83. The van der Waals surface area contributed by atoms with Crippen molar-refractivity contribution in [3.05, 3.63) is 60.2 Å². The molecule has 2 rings (SSSR count). The highest BCUT2D eigenvalue weighted by molar-refractivity contribution is 5.42. The van der Waals surface area contributed by atoms with E-state index in [1.54, 1.807) is 0 Å². The molecule has 0 aliphatic carbocycles. The summed E-state index contributed by atoms with van der Waals surface area (Å²) < 4.78 is 0. The molecular formula is C15H18N2. The second-order valence-corrected chi connectivity index (χ2v) is 4.14. The van der Waals surface area contributed by atoms with E-state index in [1.165, 1.54) is 11.3 Å². The zero-order chi connectivity index (χ0) is 11.9. The molecule has 0 bridgehead atoms. The van der Waals surface area contributed by atoms with Crippen LogP contribution in [0.2, 0.25) is 0 Å². The van der Waals surface area contributed by atoms with Gasteiger partial charge in [-0.05, 0) is 42.7 Å². The molecule has 0 aliphatic rings. The van der Waals surface area contributed by atoms with Gasteiger partial charge in [-0.2, -0.15) is 0 Å². The van der Waals surface area contributed by atoms with Gasteiger partial charge in [0.15, 0.2) is 0 Å². The third-order valence-electron chi connectivity index (χ3n) is 2.70. The first-order chi connectivity index (χ1) is 8.34. The van der Waals surface area contributed by atoms with E-state index in [1.807, 2.05) is 36.4 Å². The number of benzene rings is 2. The van der Waals surface area contributed by atoms with Crippen molar-refractivity contribution in [3.8, 4) is 0 Å². The van der Waals surface area contributed by atoms with E-state index in [0.29, 0.717) is 0 Å². The van der Waals surface area contributed by atoms with Crippen LogP contribution in [0.25, 0.3) is 0 Å². The van der Waals surface area contributed by atoms with Gasteiger partial charge in [-0.25, -0.2) is 0 Å². The standard InChI is InChI=1S/C15H18N2/c16-14-8-4-6-13(12-14)7-5-11-17-15-9-2-1-3-10-15/h1-4,6,8-10,12,17H,5,7,11,16H2. The molecule has 2 aromatic carbocycles. The molecule has 0 spiro atoms. The molecule has 0 aromatic heterocycles. The molecule has 0 radical (unpaired) electrons. The maximum atomic E-state index is 5.74. The van der Waals surface area contributed by atoms with Crippen molar-refractivity contribution >= 4 is 11.4 Å². The number of nitrogen functional groups attached to an aromatic ring is 1. The van der Waals surface area contributed by atoms with Gasteiger partial charge in [-0.1, -0.05) is 30.3 Å². The largest absolute Gasteiger partial charge is 0.399 e. The average Bonchev–Trinajstić information content (AvgIpc) is 2.36. The van der Waals surface area contributed by atoms with Crippen LogP contribution in [-0.4, -0.2) is 6.54 Å². The summed E-state index contributed by atoms with van der Waals surface area (Å²) in [5.74, 6) is 0. The minimum Gasteiger partial charge on any atom is -0.399 e. The van der Waals surface area contributed by atoms with Gasteiger partial charge in [-0.15, -0.1) is 0 Å². The molecule has 0 saturated carbocycles. The number of nitrogens with one attached hydrogen (secondary N) is 1. The van der Waals surface area contributed by atoms with Crippen LogP contribution < -0.4 is 11.1 Å². The molecule has 2 nitrogen and oxygen atoms in total. The number of hydrogen-bond acceptors (Lipinski definition) is 2. The molecule has 0 amide bonds. The summed E-state index contributed by atoms with van der Waals surface area (Å²) in [6.07, 6.45) is 2.17. The number of anilines is 2. The highest BCUT2D eigenvalue weighted by atomic mass is 14.9. The molecule has 2 aromatic rings. The lowest BCUT2D eigenvalue weighted by Gasteiger charge is -2.06. The molecule has 0 aliphatic heterocycles. The van der Waals surface area contributed by atoms with Gasteiger partial charge in [0.05, 0.1) is 0 Å². The molecule has 0 atom stereocenters. The fraction of sp³-hybridized carbons (Fsp3) is 0.200. The molecule has 0 saturated heterocycles. The maximum absolute atomic E-state index is 5.74. The predicted octanol–water partition coefficient (Wildman–Crippen LogP) is 3.31. The summed E-state index contributed by atoms with van der Waals surface area (Å²) in [4.78, 5) is 0. The van der Waals surface area contributed by atoms with E-state index in [0.717, 1.165) is 25.1 Å². The van der Waals surface area contributed by atoms with E-state index in [2.05, 4.69) is 23.5 Å². The molecule has 88 valence electrons. The van der Waals surface area contributed by atoms with Crippen LogP contribution in [0.1, 0.15) is 12.0 Å². The minimum absolute atomic E-state index is 0.846. The maximum Gasteiger partial charge on any atom is 0.0340 e. The molecule has 3 N–H and O–H groups in total. The lowest BCUT2D eigenvalue weighted by Crippen LogP contribution is -2.02. The van der Waals surface area contributed by atoms with Crippen molar-refractivity contribution < 1.29 is 0 Å². The number of nitrogens with two attached hydrogens (primary N) is 1. The Labute approximate surface area is 102 Å². The number of para-hydroxylation sites is 1. The zero-order valence-corrected chi connectivity index (χ0v) is 9.89. The molecule has 17 heavy (non-hydrogen) atoms. The summed E-state index contributed by atoms with van der Waals surface area (Å²) in [6.45, 7) is 0.985. The van der Waals surface area contributed by atoms with Gasteiger partial charge in [0.1, 0.15) is 0 Å². The fourth-order valence-corrected chi connectivity index (χ4v) is 1.83. The summed E-state index contributed by atoms with van der Waals surface area (Å²) in [6, 6.07) is 18.4. The first-order valence-electron chi connectivity index (χ1n) is 5.98. The molecule has 0 heterocycles. The summed E-state index contributed by atoms with van der Waals surface area (Å²) in [5.41, 5.74) is 9.07.